The van der Waals surface area contributed by atoms with Crippen molar-refractivity contribution in [1.82, 2.24) is 0 Å². The molecule has 0 heteroatoms. The molecule has 0 spiro atoms. The normalized spacial score (nSPS) is 14.5. The number of allylic oxidation sites excluding steroid dienone is 2. The first-order valence-electron chi connectivity index (χ1n) is 6.57. The summed E-state index contributed by atoms with van der Waals surface area (Å²) in [6, 6.07) is 18.9. The molecular weight excluding hydrogens is 228 g/mol. The highest BCUT2D eigenvalue weighted by molar-refractivity contribution is 5.81. The maximum absolute atomic E-state index is 3.94. The van der Waals surface area contributed by atoms with Crippen molar-refractivity contribution in [3.8, 4) is 11.1 Å². The van der Waals surface area contributed by atoms with Gasteiger partial charge in [0.2, 0.25) is 0 Å². The largest absolute Gasteiger partial charge is 0.103 e. The molecule has 0 fully saturated rings. The molecule has 1 aliphatic rings. The first-order chi connectivity index (χ1) is 9.33. The summed E-state index contributed by atoms with van der Waals surface area (Å²) in [4.78, 5) is 0. The monoisotopic (exact) mass is 244 g/mol. The fraction of sp³-hybridized carbons (Fsp3) is 0.158. The van der Waals surface area contributed by atoms with Gasteiger partial charge in [-0.1, -0.05) is 36.4 Å². The molecule has 0 atom stereocenters. The summed E-state index contributed by atoms with van der Waals surface area (Å²) in [6.45, 7) is 7.89. The highest BCUT2D eigenvalue weighted by Crippen LogP contribution is 2.52. The summed E-state index contributed by atoms with van der Waals surface area (Å²) >= 11 is 0. The van der Waals surface area contributed by atoms with Crippen molar-refractivity contribution in [2.45, 2.75) is 18.3 Å². The summed E-state index contributed by atoms with van der Waals surface area (Å²) < 4.78 is 0. The van der Waals surface area contributed by atoms with E-state index in [0.717, 1.165) is 12.8 Å². The average molecular weight is 244 g/mol. The second-order valence-electron chi connectivity index (χ2n) is 5.02. The number of hydrogen-bond donors (Lipinski definition) is 0. The molecule has 0 aliphatic heterocycles. The van der Waals surface area contributed by atoms with Crippen molar-refractivity contribution >= 4 is 0 Å². The third kappa shape index (κ3) is 1.60. The zero-order valence-corrected chi connectivity index (χ0v) is 10.9. The lowest BCUT2D eigenvalue weighted by Crippen LogP contribution is -2.23. The molecule has 0 nitrogen and oxygen atoms in total. The SMILES string of the molecule is C=CCC1(CC=C)c2c[c][c]cc2-c2ccccc21. The highest BCUT2D eigenvalue weighted by atomic mass is 14.4. The highest BCUT2D eigenvalue weighted by Gasteiger charge is 2.40. The van der Waals surface area contributed by atoms with Crippen molar-refractivity contribution < 1.29 is 0 Å². The van der Waals surface area contributed by atoms with E-state index in [1.807, 2.05) is 18.2 Å². The van der Waals surface area contributed by atoms with E-state index in [-0.39, 0.29) is 5.41 Å². The van der Waals surface area contributed by atoms with Crippen molar-refractivity contribution in [3.63, 3.8) is 0 Å². The van der Waals surface area contributed by atoms with E-state index < -0.39 is 0 Å². The molecule has 0 N–H and O–H groups in total. The van der Waals surface area contributed by atoms with Crippen molar-refractivity contribution in [3.05, 3.63) is 85.0 Å². The van der Waals surface area contributed by atoms with E-state index in [0.29, 0.717) is 0 Å². The summed E-state index contributed by atoms with van der Waals surface area (Å²) in [5.74, 6) is 0. The second kappa shape index (κ2) is 4.55. The molecular formula is C19H16. The van der Waals surface area contributed by atoms with Gasteiger partial charge in [0, 0.05) is 5.41 Å². The molecule has 0 bridgehead atoms. The molecule has 0 unspecified atom stereocenters. The van der Waals surface area contributed by atoms with Crippen LogP contribution in [0.5, 0.6) is 0 Å². The fourth-order valence-corrected chi connectivity index (χ4v) is 3.30. The zero-order valence-electron chi connectivity index (χ0n) is 10.9. The van der Waals surface area contributed by atoms with Crippen LogP contribution in [0, 0.1) is 12.1 Å². The molecule has 3 rings (SSSR count). The molecule has 2 aromatic rings. The number of rotatable bonds is 4. The van der Waals surface area contributed by atoms with E-state index in [9.17, 15) is 0 Å². The van der Waals surface area contributed by atoms with Crippen LogP contribution in [-0.4, -0.2) is 0 Å². The van der Waals surface area contributed by atoms with E-state index in [4.69, 9.17) is 0 Å². The fourth-order valence-electron chi connectivity index (χ4n) is 3.30. The van der Waals surface area contributed by atoms with Gasteiger partial charge in [0.05, 0.1) is 0 Å². The van der Waals surface area contributed by atoms with Crippen molar-refractivity contribution in [1.29, 1.82) is 0 Å². The molecule has 92 valence electrons. The van der Waals surface area contributed by atoms with Crippen LogP contribution in [0.25, 0.3) is 11.1 Å². The quantitative estimate of drug-likeness (QED) is 0.683. The van der Waals surface area contributed by atoms with Crippen LogP contribution in [0.2, 0.25) is 0 Å². The van der Waals surface area contributed by atoms with Gasteiger partial charge in [-0.2, -0.15) is 0 Å². The Bertz CT molecular complexity index is 576. The predicted octanol–water partition coefficient (Wildman–Crippen LogP) is 4.71. The molecule has 0 amide bonds. The lowest BCUT2D eigenvalue weighted by Gasteiger charge is -2.29. The molecule has 0 saturated carbocycles. The summed E-state index contributed by atoms with van der Waals surface area (Å²) in [6.07, 6.45) is 5.85. The van der Waals surface area contributed by atoms with Gasteiger partial charge in [0.1, 0.15) is 0 Å². The van der Waals surface area contributed by atoms with Gasteiger partial charge >= 0.3 is 0 Å². The number of benzene rings is 2. The Morgan fingerprint density at radius 3 is 2.32 bits per heavy atom. The van der Waals surface area contributed by atoms with Crippen LogP contribution >= 0.6 is 0 Å². The topological polar surface area (TPSA) is 0 Å². The number of fused-ring (bicyclic) bond motifs is 3. The van der Waals surface area contributed by atoms with E-state index >= 15 is 0 Å². The van der Waals surface area contributed by atoms with E-state index in [1.54, 1.807) is 0 Å². The van der Waals surface area contributed by atoms with Gasteiger partial charge in [0.15, 0.2) is 0 Å². The minimum atomic E-state index is -0.0268. The Balaban J connectivity index is 2.34. The van der Waals surface area contributed by atoms with Crippen LogP contribution in [0.15, 0.2) is 61.7 Å². The Morgan fingerprint density at radius 1 is 0.895 bits per heavy atom. The van der Waals surface area contributed by atoms with Crippen molar-refractivity contribution in [2.24, 2.45) is 0 Å². The summed E-state index contributed by atoms with van der Waals surface area (Å²) in [5, 5.41) is 0. The first-order valence-corrected chi connectivity index (χ1v) is 6.57. The molecule has 0 saturated heterocycles. The maximum atomic E-state index is 3.94. The average Bonchev–Trinajstić information content (AvgIpc) is 2.72. The molecule has 0 aromatic heterocycles. The summed E-state index contributed by atoms with van der Waals surface area (Å²) in [5.41, 5.74) is 5.26. The third-order valence-electron chi connectivity index (χ3n) is 4.04. The smallest absolute Gasteiger partial charge is 0.0283 e. The standard InChI is InChI=1S/C19H16/c1-3-13-19(14-4-2)17-11-7-5-9-15(17)16-10-6-8-12-18(16)19/h3-5,7,9-12H,1-2,13-14H2. The third-order valence-corrected chi connectivity index (χ3v) is 4.04. The maximum Gasteiger partial charge on any atom is 0.0283 e. The number of hydrogen-bond acceptors (Lipinski definition) is 0. The molecule has 2 aromatic carbocycles. The Labute approximate surface area is 115 Å². The van der Waals surface area contributed by atoms with Crippen molar-refractivity contribution in [2.75, 3.05) is 0 Å². The van der Waals surface area contributed by atoms with Gasteiger partial charge in [-0.05, 0) is 59.4 Å². The van der Waals surface area contributed by atoms with E-state index in [2.05, 4.69) is 55.6 Å². The Kier molecular flexibility index (Phi) is 2.87. The van der Waals surface area contributed by atoms with Gasteiger partial charge in [-0.25, -0.2) is 0 Å². The molecule has 2 radical (unpaired) electrons. The van der Waals surface area contributed by atoms with Gasteiger partial charge < -0.3 is 0 Å². The van der Waals surface area contributed by atoms with Crippen LogP contribution in [0.3, 0.4) is 0 Å². The van der Waals surface area contributed by atoms with Crippen LogP contribution < -0.4 is 0 Å². The first kappa shape index (κ1) is 12.0. The van der Waals surface area contributed by atoms with Crippen LogP contribution in [0.1, 0.15) is 24.0 Å². The second-order valence-corrected chi connectivity index (χ2v) is 5.02. The minimum absolute atomic E-state index is 0.0268. The summed E-state index contributed by atoms with van der Waals surface area (Å²) in [7, 11) is 0. The molecule has 19 heavy (non-hydrogen) atoms. The predicted molar refractivity (Wildman–Crippen MR) is 80.0 cm³/mol. The zero-order chi connectivity index (χ0) is 13.3. The van der Waals surface area contributed by atoms with Gasteiger partial charge in [-0.3, -0.25) is 0 Å². The Hall–Kier alpha value is -2.08. The Morgan fingerprint density at radius 2 is 1.58 bits per heavy atom. The van der Waals surface area contributed by atoms with Gasteiger partial charge in [0.25, 0.3) is 0 Å². The van der Waals surface area contributed by atoms with Gasteiger partial charge in [-0.15, -0.1) is 13.2 Å². The lowest BCUT2D eigenvalue weighted by atomic mass is 9.73. The molecule has 0 heterocycles. The van der Waals surface area contributed by atoms with E-state index in [1.165, 1.54) is 22.3 Å². The van der Waals surface area contributed by atoms with Crippen LogP contribution in [0.4, 0.5) is 0 Å². The van der Waals surface area contributed by atoms with Crippen LogP contribution in [-0.2, 0) is 5.41 Å². The molecule has 1 aliphatic carbocycles. The lowest BCUT2D eigenvalue weighted by molar-refractivity contribution is 0.543. The minimum Gasteiger partial charge on any atom is -0.103 e.